The minimum Gasteiger partial charge on any atom is -0.348 e. The normalized spacial score (nSPS) is 11.2. The van der Waals surface area contributed by atoms with E-state index in [0.717, 1.165) is 55.8 Å². The molecule has 0 unspecified atom stereocenters. The summed E-state index contributed by atoms with van der Waals surface area (Å²) < 4.78 is 2.20. The van der Waals surface area contributed by atoms with Gasteiger partial charge in [-0.05, 0) is 86.7 Å². The van der Waals surface area contributed by atoms with Crippen molar-refractivity contribution in [3.05, 3.63) is 99.0 Å². The molecule has 4 rings (SSSR count). The first-order valence-electron chi connectivity index (χ1n) is 11.4. The highest BCUT2D eigenvalue weighted by atomic mass is 16.1. The zero-order chi connectivity index (χ0) is 23.7. The molecule has 5 heteroatoms. The number of rotatable bonds is 6. The second kappa shape index (κ2) is 9.20. The summed E-state index contributed by atoms with van der Waals surface area (Å²) in [6.07, 6.45) is 0. The number of nitrogens with two attached hydrogens (primary N) is 1. The van der Waals surface area contributed by atoms with Crippen molar-refractivity contribution in [3.63, 3.8) is 0 Å². The van der Waals surface area contributed by atoms with Crippen molar-refractivity contribution in [2.75, 3.05) is 0 Å². The summed E-state index contributed by atoms with van der Waals surface area (Å²) in [7, 11) is 0. The second-order valence-electron chi connectivity index (χ2n) is 8.95. The Morgan fingerprint density at radius 2 is 1.67 bits per heavy atom. The van der Waals surface area contributed by atoms with Gasteiger partial charge in [0.2, 0.25) is 0 Å². The highest BCUT2D eigenvalue weighted by Crippen LogP contribution is 2.21. The average molecular weight is 441 g/mol. The highest BCUT2D eigenvalue weighted by Gasteiger charge is 2.17. The van der Waals surface area contributed by atoms with Gasteiger partial charge in [0.05, 0.1) is 11.1 Å². The van der Waals surface area contributed by atoms with Crippen molar-refractivity contribution in [3.8, 4) is 0 Å². The molecular formula is C28H32N4O. The van der Waals surface area contributed by atoms with E-state index in [-0.39, 0.29) is 5.91 Å². The Bertz CT molecular complexity index is 1330. The van der Waals surface area contributed by atoms with Crippen LogP contribution in [0.5, 0.6) is 0 Å². The Labute approximate surface area is 195 Å². The third kappa shape index (κ3) is 4.69. The molecule has 0 aliphatic carbocycles. The molecule has 2 aromatic heterocycles. The number of benzene rings is 2. The maximum atomic E-state index is 13.1. The summed E-state index contributed by atoms with van der Waals surface area (Å²) in [6, 6.07) is 16.7. The van der Waals surface area contributed by atoms with Crippen LogP contribution in [-0.4, -0.2) is 15.5 Å². The molecule has 0 saturated heterocycles. The Morgan fingerprint density at radius 3 is 2.36 bits per heavy atom. The van der Waals surface area contributed by atoms with Gasteiger partial charge >= 0.3 is 0 Å². The largest absolute Gasteiger partial charge is 0.348 e. The number of amides is 1. The van der Waals surface area contributed by atoms with Crippen molar-refractivity contribution in [2.45, 2.75) is 54.3 Å². The molecule has 0 saturated carbocycles. The summed E-state index contributed by atoms with van der Waals surface area (Å²) in [5, 5.41) is 4.25. The molecule has 33 heavy (non-hydrogen) atoms. The SMILES string of the molecule is Cc1ccc2cc(Cn3c(C)cc(C(=O)NCc4c(C)cc(CN)cc4C)c3C)ccc2n1. The topological polar surface area (TPSA) is 72.9 Å². The molecule has 5 nitrogen and oxygen atoms in total. The number of nitrogens with one attached hydrogen (secondary N) is 1. The standard InChI is InChI=1S/C28H32N4O/c1-17-10-23(14-29)11-18(2)26(17)15-30-28(33)25-12-20(4)32(21(25)5)16-22-7-9-27-24(13-22)8-6-19(3)31-27/h6-13H,14-16,29H2,1-5H3,(H,30,33). The molecule has 170 valence electrons. The number of hydrogen-bond donors (Lipinski definition) is 2. The van der Waals surface area contributed by atoms with E-state index in [4.69, 9.17) is 5.73 Å². The van der Waals surface area contributed by atoms with E-state index in [2.05, 4.69) is 72.0 Å². The van der Waals surface area contributed by atoms with E-state index in [1.807, 2.05) is 26.0 Å². The van der Waals surface area contributed by atoms with Gasteiger partial charge in [0.1, 0.15) is 0 Å². The fourth-order valence-electron chi connectivity index (χ4n) is 4.58. The van der Waals surface area contributed by atoms with Gasteiger partial charge in [-0.1, -0.05) is 24.3 Å². The summed E-state index contributed by atoms with van der Waals surface area (Å²) in [6.45, 7) is 11.9. The lowest BCUT2D eigenvalue weighted by Crippen LogP contribution is -2.24. The second-order valence-corrected chi connectivity index (χ2v) is 8.95. The zero-order valence-corrected chi connectivity index (χ0v) is 20.1. The van der Waals surface area contributed by atoms with Gasteiger partial charge in [-0.3, -0.25) is 9.78 Å². The third-order valence-electron chi connectivity index (χ3n) is 6.47. The van der Waals surface area contributed by atoms with Crippen LogP contribution < -0.4 is 11.1 Å². The molecule has 0 spiro atoms. The smallest absolute Gasteiger partial charge is 0.253 e. The van der Waals surface area contributed by atoms with E-state index in [1.165, 1.54) is 5.56 Å². The van der Waals surface area contributed by atoms with Crippen LogP contribution in [0, 0.1) is 34.6 Å². The van der Waals surface area contributed by atoms with Crippen LogP contribution in [0.4, 0.5) is 0 Å². The third-order valence-corrected chi connectivity index (χ3v) is 6.47. The van der Waals surface area contributed by atoms with Gasteiger partial charge in [0.25, 0.3) is 5.91 Å². The lowest BCUT2D eigenvalue weighted by atomic mass is 9.99. The monoisotopic (exact) mass is 440 g/mol. The Balaban J connectivity index is 1.52. The van der Waals surface area contributed by atoms with Crippen LogP contribution in [0.2, 0.25) is 0 Å². The van der Waals surface area contributed by atoms with Crippen LogP contribution >= 0.6 is 0 Å². The predicted molar refractivity (Wildman–Crippen MR) is 134 cm³/mol. The Kier molecular flexibility index (Phi) is 6.34. The molecule has 0 radical (unpaired) electrons. The van der Waals surface area contributed by atoms with E-state index >= 15 is 0 Å². The lowest BCUT2D eigenvalue weighted by molar-refractivity contribution is 0.0950. The fourth-order valence-corrected chi connectivity index (χ4v) is 4.58. The Hall–Kier alpha value is -3.44. The summed E-state index contributed by atoms with van der Waals surface area (Å²) in [5.74, 6) is -0.0470. The van der Waals surface area contributed by atoms with Crippen molar-refractivity contribution in [2.24, 2.45) is 5.73 Å². The zero-order valence-electron chi connectivity index (χ0n) is 20.1. The first-order chi connectivity index (χ1) is 15.8. The van der Waals surface area contributed by atoms with Crippen LogP contribution in [0.25, 0.3) is 10.9 Å². The van der Waals surface area contributed by atoms with E-state index in [9.17, 15) is 4.79 Å². The van der Waals surface area contributed by atoms with E-state index in [0.29, 0.717) is 19.6 Å². The molecule has 0 aliphatic rings. The van der Waals surface area contributed by atoms with Crippen molar-refractivity contribution in [1.82, 2.24) is 14.9 Å². The molecule has 0 fully saturated rings. The molecule has 0 aliphatic heterocycles. The van der Waals surface area contributed by atoms with Crippen LogP contribution in [0.1, 0.15) is 55.3 Å². The highest BCUT2D eigenvalue weighted by molar-refractivity contribution is 5.95. The molecule has 0 atom stereocenters. The van der Waals surface area contributed by atoms with E-state index in [1.54, 1.807) is 0 Å². The quantitative estimate of drug-likeness (QED) is 0.442. The molecule has 2 aromatic carbocycles. The minimum atomic E-state index is -0.0470. The minimum absolute atomic E-state index is 0.0470. The maximum absolute atomic E-state index is 13.1. The van der Waals surface area contributed by atoms with Crippen molar-refractivity contribution >= 4 is 16.8 Å². The number of hydrogen-bond acceptors (Lipinski definition) is 3. The van der Waals surface area contributed by atoms with E-state index < -0.39 is 0 Å². The molecule has 2 heterocycles. The maximum Gasteiger partial charge on any atom is 0.253 e. The number of fused-ring (bicyclic) bond motifs is 1. The number of aromatic nitrogens is 2. The first-order valence-corrected chi connectivity index (χ1v) is 11.4. The summed E-state index contributed by atoms with van der Waals surface area (Å²) in [5.41, 5.74) is 16.3. The van der Waals surface area contributed by atoms with Crippen LogP contribution in [0.15, 0.2) is 48.5 Å². The number of aryl methyl sites for hydroxylation is 4. The van der Waals surface area contributed by atoms with Gasteiger partial charge in [0.15, 0.2) is 0 Å². The number of carbonyl (C=O) groups excluding carboxylic acids is 1. The summed E-state index contributed by atoms with van der Waals surface area (Å²) in [4.78, 5) is 17.6. The van der Waals surface area contributed by atoms with Crippen LogP contribution in [-0.2, 0) is 19.6 Å². The Morgan fingerprint density at radius 1 is 0.939 bits per heavy atom. The molecule has 4 aromatic rings. The average Bonchev–Trinajstić information content (AvgIpc) is 3.06. The van der Waals surface area contributed by atoms with Crippen molar-refractivity contribution in [1.29, 1.82) is 0 Å². The van der Waals surface area contributed by atoms with Gasteiger partial charge in [0, 0.05) is 42.1 Å². The predicted octanol–water partition coefficient (Wildman–Crippen LogP) is 5.02. The molecule has 3 N–H and O–H groups in total. The molecule has 1 amide bonds. The van der Waals surface area contributed by atoms with Gasteiger partial charge in [-0.2, -0.15) is 0 Å². The van der Waals surface area contributed by atoms with Crippen molar-refractivity contribution < 1.29 is 4.79 Å². The lowest BCUT2D eigenvalue weighted by Gasteiger charge is -2.14. The summed E-state index contributed by atoms with van der Waals surface area (Å²) >= 11 is 0. The number of nitrogens with zero attached hydrogens (tertiary/aromatic N) is 2. The first kappa shape index (κ1) is 22.7. The number of pyridine rings is 1. The fraction of sp³-hybridized carbons (Fsp3) is 0.286. The van der Waals surface area contributed by atoms with Gasteiger partial charge < -0.3 is 15.6 Å². The van der Waals surface area contributed by atoms with Crippen LogP contribution in [0.3, 0.4) is 0 Å². The van der Waals surface area contributed by atoms with Gasteiger partial charge in [-0.15, -0.1) is 0 Å². The van der Waals surface area contributed by atoms with Gasteiger partial charge in [-0.25, -0.2) is 0 Å². The molecule has 0 bridgehead atoms. The number of carbonyl (C=O) groups is 1. The molecular weight excluding hydrogens is 408 g/mol.